The minimum atomic E-state index is -0.356. The summed E-state index contributed by atoms with van der Waals surface area (Å²) in [7, 11) is 3.95. The summed E-state index contributed by atoms with van der Waals surface area (Å²) in [6.45, 7) is 5.51. The Labute approximate surface area is 104 Å². The van der Waals surface area contributed by atoms with E-state index in [2.05, 4.69) is 11.5 Å². The largest absolute Gasteiger partial charge is 0.393 e. The van der Waals surface area contributed by atoms with Gasteiger partial charge in [0, 0.05) is 11.1 Å². The number of rotatable bonds is 6. The number of aliphatic hydroxyl groups excluding tert-OH is 1. The van der Waals surface area contributed by atoms with Crippen molar-refractivity contribution in [3.8, 4) is 0 Å². The fraction of sp³-hybridized carbons (Fsp3) is 0.636. The zero-order valence-electron chi connectivity index (χ0n) is 9.61. The van der Waals surface area contributed by atoms with Crippen LogP contribution in [0.1, 0.15) is 19.8 Å². The predicted molar refractivity (Wildman–Crippen MR) is 69.8 cm³/mol. The number of hydrogen-bond acceptors (Lipinski definition) is 2. The lowest BCUT2D eigenvalue weighted by molar-refractivity contribution is 0.101. The van der Waals surface area contributed by atoms with E-state index in [0.717, 1.165) is 6.42 Å². The molecule has 0 saturated heterocycles. The molecule has 0 aliphatic carbocycles. The quantitative estimate of drug-likeness (QED) is 0.737. The summed E-state index contributed by atoms with van der Waals surface area (Å²) in [6, 6.07) is 0. The van der Waals surface area contributed by atoms with Crippen molar-refractivity contribution >= 4 is 24.0 Å². The number of hydrogen-bond donors (Lipinski definition) is 1. The van der Waals surface area contributed by atoms with Crippen LogP contribution in [0.5, 0.6) is 0 Å². The molecule has 0 rings (SSSR count). The molecule has 0 spiro atoms. The standard InChI is InChI=1S/C11H20ClNO.ClH/c1-5-6-11(7-8-12,13(3)4)9-10(2)14;/h5,7-8,10,14H,1,6,9H2,2-4H3;1H. The van der Waals surface area contributed by atoms with Crippen molar-refractivity contribution in [3.63, 3.8) is 0 Å². The van der Waals surface area contributed by atoms with Crippen LogP contribution < -0.4 is 0 Å². The lowest BCUT2D eigenvalue weighted by atomic mass is 9.87. The van der Waals surface area contributed by atoms with Gasteiger partial charge in [0.15, 0.2) is 0 Å². The molecule has 0 aromatic rings. The van der Waals surface area contributed by atoms with Crippen LogP contribution in [0.3, 0.4) is 0 Å². The maximum atomic E-state index is 9.45. The molecular weight excluding hydrogens is 233 g/mol. The van der Waals surface area contributed by atoms with Gasteiger partial charge in [-0.2, -0.15) is 0 Å². The molecule has 0 amide bonds. The predicted octanol–water partition coefficient (Wildman–Crippen LogP) is 2.81. The van der Waals surface area contributed by atoms with Gasteiger partial charge in [0.05, 0.1) is 6.10 Å². The molecule has 0 aliphatic heterocycles. The van der Waals surface area contributed by atoms with Crippen LogP contribution in [-0.4, -0.2) is 35.7 Å². The van der Waals surface area contributed by atoms with Crippen molar-refractivity contribution in [2.75, 3.05) is 14.1 Å². The van der Waals surface area contributed by atoms with Crippen LogP contribution in [0.15, 0.2) is 24.3 Å². The van der Waals surface area contributed by atoms with E-state index in [1.54, 1.807) is 6.92 Å². The molecular formula is C11H21Cl2NO. The lowest BCUT2D eigenvalue weighted by Gasteiger charge is -2.37. The number of nitrogens with zero attached hydrogens (tertiary/aromatic N) is 1. The Balaban J connectivity index is 0. The molecule has 4 heteroatoms. The Morgan fingerprint density at radius 3 is 2.33 bits per heavy atom. The van der Waals surface area contributed by atoms with Crippen LogP contribution in [0, 0.1) is 0 Å². The van der Waals surface area contributed by atoms with Crippen LogP contribution in [0.25, 0.3) is 0 Å². The van der Waals surface area contributed by atoms with Gasteiger partial charge >= 0.3 is 0 Å². The van der Waals surface area contributed by atoms with E-state index in [9.17, 15) is 5.11 Å². The molecule has 2 unspecified atom stereocenters. The Hall–Kier alpha value is -0.0200. The van der Waals surface area contributed by atoms with Gasteiger partial charge in [0.2, 0.25) is 0 Å². The van der Waals surface area contributed by atoms with E-state index in [1.807, 2.05) is 26.2 Å². The van der Waals surface area contributed by atoms with Crippen molar-refractivity contribution in [1.82, 2.24) is 4.90 Å². The Kier molecular flexibility index (Phi) is 9.46. The fourth-order valence-electron chi connectivity index (χ4n) is 1.61. The molecule has 0 fully saturated rings. The average Bonchev–Trinajstić information content (AvgIpc) is 2.03. The van der Waals surface area contributed by atoms with Gasteiger partial charge in [-0.15, -0.1) is 19.0 Å². The number of aliphatic hydroxyl groups is 1. The van der Waals surface area contributed by atoms with Crippen molar-refractivity contribution in [2.45, 2.75) is 31.4 Å². The molecule has 0 aromatic heterocycles. The number of likely N-dealkylation sites (N-methyl/N-ethyl adjacent to an activating group) is 1. The van der Waals surface area contributed by atoms with Crippen molar-refractivity contribution in [1.29, 1.82) is 0 Å². The zero-order valence-corrected chi connectivity index (χ0v) is 11.2. The van der Waals surface area contributed by atoms with Crippen molar-refractivity contribution in [3.05, 3.63) is 24.3 Å². The second-order valence-electron chi connectivity index (χ2n) is 3.84. The summed E-state index contributed by atoms with van der Waals surface area (Å²) < 4.78 is 0. The van der Waals surface area contributed by atoms with Gasteiger partial charge in [-0.1, -0.05) is 23.8 Å². The molecule has 0 aliphatic rings. The molecule has 0 radical (unpaired) electrons. The normalized spacial score (nSPS) is 17.2. The fourth-order valence-corrected chi connectivity index (χ4v) is 1.85. The molecule has 1 N–H and O–H groups in total. The average molecular weight is 254 g/mol. The van der Waals surface area contributed by atoms with E-state index in [1.165, 1.54) is 5.54 Å². The molecule has 0 bridgehead atoms. The van der Waals surface area contributed by atoms with E-state index >= 15 is 0 Å². The minimum absolute atomic E-state index is 0. The van der Waals surface area contributed by atoms with E-state index < -0.39 is 0 Å². The smallest absolute Gasteiger partial charge is 0.0533 e. The van der Waals surface area contributed by atoms with Crippen LogP contribution in [-0.2, 0) is 0 Å². The summed E-state index contributed by atoms with van der Waals surface area (Å²) in [5.41, 5.74) is 1.28. The van der Waals surface area contributed by atoms with Crippen LogP contribution in [0.2, 0.25) is 0 Å². The first-order valence-electron chi connectivity index (χ1n) is 4.73. The third-order valence-electron chi connectivity index (χ3n) is 2.41. The monoisotopic (exact) mass is 253 g/mol. The molecule has 2 atom stereocenters. The highest BCUT2D eigenvalue weighted by Gasteiger charge is 2.29. The van der Waals surface area contributed by atoms with E-state index in [-0.39, 0.29) is 24.0 Å². The number of halogens is 2. The SMILES string of the molecule is C=CCC(C=CCl)(CC(C)O)N(C)C.Cl. The van der Waals surface area contributed by atoms with Gasteiger partial charge < -0.3 is 5.11 Å². The lowest BCUT2D eigenvalue weighted by Crippen LogP contribution is -2.44. The molecule has 0 aromatic carbocycles. The summed E-state index contributed by atoms with van der Waals surface area (Å²) in [5.74, 6) is 0. The molecule has 2 nitrogen and oxygen atoms in total. The van der Waals surface area contributed by atoms with Crippen molar-refractivity contribution in [2.24, 2.45) is 0 Å². The van der Waals surface area contributed by atoms with E-state index in [4.69, 9.17) is 11.6 Å². The first kappa shape index (κ1) is 17.4. The highest BCUT2D eigenvalue weighted by molar-refractivity contribution is 6.25. The Morgan fingerprint density at radius 1 is 1.53 bits per heavy atom. The highest BCUT2D eigenvalue weighted by Crippen LogP contribution is 2.26. The molecule has 0 heterocycles. The molecule has 90 valence electrons. The van der Waals surface area contributed by atoms with E-state index in [0.29, 0.717) is 6.42 Å². The summed E-state index contributed by atoms with van der Waals surface area (Å²) in [4.78, 5) is 2.06. The van der Waals surface area contributed by atoms with Crippen LogP contribution >= 0.6 is 24.0 Å². The molecule has 15 heavy (non-hydrogen) atoms. The minimum Gasteiger partial charge on any atom is -0.393 e. The Bertz CT molecular complexity index is 205. The second-order valence-corrected chi connectivity index (χ2v) is 4.09. The molecule has 0 saturated carbocycles. The zero-order chi connectivity index (χ0) is 11.2. The first-order chi connectivity index (χ1) is 6.48. The third kappa shape index (κ3) is 5.57. The maximum absolute atomic E-state index is 9.45. The van der Waals surface area contributed by atoms with Crippen LogP contribution in [0.4, 0.5) is 0 Å². The highest BCUT2D eigenvalue weighted by atomic mass is 35.5. The summed E-state index contributed by atoms with van der Waals surface area (Å²) >= 11 is 5.63. The summed E-state index contributed by atoms with van der Waals surface area (Å²) in [6.07, 6.45) is 4.82. The van der Waals surface area contributed by atoms with Gasteiger partial charge in [-0.25, -0.2) is 0 Å². The van der Waals surface area contributed by atoms with Gasteiger partial charge in [0.25, 0.3) is 0 Å². The topological polar surface area (TPSA) is 23.5 Å². The maximum Gasteiger partial charge on any atom is 0.0533 e. The van der Waals surface area contributed by atoms with Gasteiger partial charge in [0.1, 0.15) is 0 Å². The summed E-state index contributed by atoms with van der Waals surface area (Å²) in [5, 5.41) is 9.45. The van der Waals surface area contributed by atoms with Crippen molar-refractivity contribution < 1.29 is 5.11 Å². The van der Waals surface area contributed by atoms with Gasteiger partial charge in [-0.05, 0) is 33.9 Å². The second kappa shape index (κ2) is 8.17. The third-order valence-corrected chi connectivity index (χ3v) is 2.54. The Morgan fingerprint density at radius 2 is 2.07 bits per heavy atom. The first-order valence-corrected chi connectivity index (χ1v) is 5.16. The van der Waals surface area contributed by atoms with Gasteiger partial charge in [-0.3, -0.25) is 4.90 Å².